The van der Waals surface area contributed by atoms with Crippen molar-refractivity contribution in [3.8, 4) is 0 Å². The van der Waals surface area contributed by atoms with Gasteiger partial charge in [0.15, 0.2) is 5.82 Å². The molecule has 0 radical (unpaired) electrons. The van der Waals surface area contributed by atoms with Crippen LogP contribution in [0, 0.1) is 11.8 Å². The fourth-order valence-corrected chi connectivity index (χ4v) is 4.61. The molecule has 0 bridgehead atoms. The minimum absolute atomic E-state index is 0.0353. The smallest absolute Gasteiger partial charge is 0.229 e. The third kappa shape index (κ3) is 3.89. The van der Waals surface area contributed by atoms with Gasteiger partial charge < -0.3 is 10.1 Å². The molecule has 0 unspecified atom stereocenters. The standard InChI is InChI=1S/C18H22N4O2S/c23-18(21-17-10-19-5-6-20-17)14-4-8-24-16-3-7-22(12-15(14)16)11-13-2-1-9-25-13/h1-2,5-6,9-10,14-16H,3-4,7-8,11-12H2,(H,20,21,23)/t14-,15+,16-/m1/s1. The van der Waals surface area contributed by atoms with Gasteiger partial charge in [0.05, 0.1) is 12.3 Å². The molecule has 2 aromatic heterocycles. The van der Waals surface area contributed by atoms with E-state index in [1.807, 2.05) is 0 Å². The molecule has 6 nitrogen and oxygen atoms in total. The van der Waals surface area contributed by atoms with Crippen molar-refractivity contribution in [2.45, 2.75) is 25.5 Å². The molecule has 3 atom stereocenters. The molecule has 2 aromatic rings. The SMILES string of the molecule is O=C(Nc1cnccn1)[C@@H]1CCO[C@@H]2CCN(Cc3cccs3)C[C@H]21. The molecule has 4 heterocycles. The summed E-state index contributed by atoms with van der Waals surface area (Å²) >= 11 is 1.79. The van der Waals surface area contributed by atoms with Gasteiger partial charge in [0, 0.05) is 55.3 Å². The average molecular weight is 358 g/mol. The molecule has 1 N–H and O–H groups in total. The van der Waals surface area contributed by atoms with Gasteiger partial charge in [-0.25, -0.2) is 4.98 Å². The Morgan fingerprint density at radius 1 is 1.40 bits per heavy atom. The summed E-state index contributed by atoms with van der Waals surface area (Å²) in [7, 11) is 0. The lowest BCUT2D eigenvalue weighted by molar-refractivity contribution is -0.137. The molecule has 2 saturated heterocycles. The van der Waals surface area contributed by atoms with Crippen LogP contribution >= 0.6 is 11.3 Å². The van der Waals surface area contributed by atoms with Gasteiger partial charge in [-0.3, -0.25) is 14.7 Å². The maximum atomic E-state index is 12.8. The van der Waals surface area contributed by atoms with Gasteiger partial charge in [-0.15, -0.1) is 11.3 Å². The highest BCUT2D eigenvalue weighted by atomic mass is 32.1. The van der Waals surface area contributed by atoms with Gasteiger partial charge in [0.1, 0.15) is 0 Å². The maximum absolute atomic E-state index is 12.8. The van der Waals surface area contributed by atoms with Gasteiger partial charge in [-0.2, -0.15) is 0 Å². The zero-order chi connectivity index (χ0) is 17.1. The second-order valence-corrected chi connectivity index (χ2v) is 7.68. The first kappa shape index (κ1) is 16.6. The molecule has 0 aliphatic carbocycles. The number of aromatic nitrogens is 2. The van der Waals surface area contributed by atoms with E-state index in [1.165, 1.54) is 4.88 Å². The first-order valence-electron chi connectivity index (χ1n) is 8.73. The molecule has 0 spiro atoms. The van der Waals surface area contributed by atoms with Crippen molar-refractivity contribution >= 4 is 23.1 Å². The van der Waals surface area contributed by atoms with Crippen molar-refractivity contribution < 1.29 is 9.53 Å². The number of piperidine rings is 1. The predicted octanol–water partition coefficient (Wildman–Crippen LogP) is 2.40. The lowest BCUT2D eigenvalue weighted by atomic mass is 9.79. The number of likely N-dealkylation sites (tertiary alicyclic amines) is 1. The van der Waals surface area contributed by atoms with Crippen molar-refractivity contribution in [1.29, 1.82) is 0 Å². The van der Waals surface area contributed by atoms with Gasteiger partial charge in [0.2, 0.25) is 5.91 Å². The minimum atomic E-state index is -0.0353. The predicted molar refractivity (Wildman–Crippen MR) is 96.2 cm³/mol. The van der Waals surface area contributed by atoms with E-state index < -0.39 is 0 Å². The van der Waals surface area contributed by atoms with E-state index in [1.54, 1.807) is 29.9 Å². The number of fused-ring (bicyclic) bond motifs is 1. The first-order valence-corrected chi connectivity index (χ1v) is 9.61. The number of thiophene rings is 1. The van der Waals surface area contributed by atoms with Crippen LogP contribution < -0.4 is 5.32 Å². The van der Waals surface area contributed by atoms with E-state index in [0.717, 1.165) is 32.5 Å². The number of carbonyl (C=O) groups excluding carboxylic acids is 1. The van der Waals surface area contributed by atoms with E-state index in [9.17, 15) is 4.79 Å². The average Bonchev–Trinajstić information content (AvgIpc) is 3.15. The zero-order valence-electron chi connectivity index (χ0n) is 14.0. The highest BCUT2D eigenvalue weighted by Gasteiger charge is 2.41. The quantitative estimate of drug-likeness (QED) is 0.909. The number of carbonyl (C=O) groups is 1. The van der Waals surface area contributed by atoms with Crippen molar-refractivity contribution in [1.82, 2.24) is 14.9 Å². The minimum Gasteiger partial charge on any atom is -0.378 e. The summed E-state index contributed by atoms with van der Waals surface area (Å²) in [5.41, 5.74) is 0. The topological polar surface area (TPSA) is 67.3 Å². The molecule has 7 heteroatoms. The number of nitrogens with one attached hydrogen (secondary N) is 1. The Bertz CT molecular complexity index is 694. The molecule has 2 fully saturated rings. The Morgan fingerprint density at radius 2 is 2.36 bits per heavy atom. The van der Waals surface area contributed by atoms with Crippen molar-refractivity contribution in [3.63, 3.8) is 0 Å². The second-order valence-electron chi connectivity index (χ2n) is 6.65. The Morgan fingerprint density at radius 3 is 3.16 bits per heavy atom. The highest BCUT2D eigenvalue weighted by molar-refractivity contribution is 7.09. The summed E-state index contributed by atoms with van der Waals surface area (Å²) in [6.45, 7) is 3.54. The Hall–Kier alpha value is -1.83. The van der Waals surface area contributed by atoms with Crippen LogP contribution in [0.3, 0.4) is 0 Å². The third-order valence-corrected chi connectivity index (χ3v) is 5.93. The first-order chi connectivity index (χ1) is 12.3. The monoisotopic (exact) mass is 358 g/mol. The summed E-state index contributed by atoms with van der Waals surface area (Å²) in [5.74, 6) is 0.754. The molecule has 0 saturated carbocycles. The van der Waals surface area contributed by atoms with Crippen LogP contribution in [0.15, 0.2) is 36.1 Å². The van der Waals surface area contributed by atoms with Gasteiger partial charge in [-0.05, 0) is 24.3 Å². The van der Waals surface area contributed by atoms with E-state index in [0.29, 0.717) is 12.4 Å². The zero-order valence-corrected chi connectivity index (χ0v) is 14.8. The molecule has 132 valence electrons. The van der Waals surface area contributed by atoms with E-state index in [-0.39, 0.29) is 23.8 Å². The Kier molecular flexibility index (Phi) is 5.05. The molecule has 25 heavy (non-hydrogen) atoms. The number of anilines is 1. The molecular formula is C18H22N4O2S. The third-order valence-electron chi connectivity index (χ3n) is 5.06. The van der Waals surface area contributed by atoms with Gasteiger partial charge in [-0.1, -0.05) is 6.07 Å². The number of hydrogen-bond donors (Lipinski definition) is 1. The van der Waals surface area contributed by atoms with Crippen LogP contribution in [0.5, 0.6) is 0 Å². The maximum Gasteiger partial charge on any atom is 0.229 e. The number of hydrogen-bond acceptors (Lipinski definition) is 6. The van der Waals surface area contributed by atoms with Crippen LogP contribution in [0.2, 0.25) is 0 Å². The Balaban J connectivity index is 1.43. The number of rotatable bonds is 4. The largest absolute Gasteiger partial charge is 0.378 e. The highest BCUT2D eigenvalue weighted by Crippen LogP contribution is 2.34. The number of ether oxygens (including phenoxy) is 1. The van der Waals surface area contributed by atoms with Crippen LogP contribution in [0.25, 0.3) is 0 Å². The van der Waals surface area contributed by atoms with Crippen LogP contribution in [0.4, 0.5) is 5.82 Å². The van der Waals surface area contributed by atoms with E-state index in [2.05, 4.69) is 37.7 Å². The normalized spacial score (nSPS) is 26.8. The molecule has 2 aliphatic heterocycles. The fourth-order valence-electron chi connectivity index (χ4n) is 3.86. The molecule has 0 aromatic carbocycles. The van der Waals surface area contributed by atoms with Gasteiger partial charge in [0.25, 0.3) is 0 Å². The molecule has 1 amide bonds. The summed E-state index contributed by atoms with van der Waals surface area (Å²) in [6.07, 6.45) is 6.71. The number of amides is 1. The number of nitrogens with zero attached hydrogens (tertiary/aromatic N) is 3. The van der Waals surface area contributed by atoms with Gasteiger partial charge >= 0.3 is 0 Å². The van der Waals surface area contributed by atoms with Crippen molar-refractivity contribution in [3.05, 3.63) is 41.0 Å². The van der Waals surface area contributed by atoms with E-state index >= 15 is 0 Å². The van der Waals surface area contributed by atoms with Crippen molar-refractivity contribution in [2.75, 3.05) is 25.0 Å². The molecular weight excluding hydrogens is 336 g/mol. The van der Waals surface area contributed by atoms with Crippen LogP contribution in [-0.4, -0.2) is 46.6 Å². The van der Waals surface area contributed by atoms with Crippen molar-refractivity contribution in [2.24, 2.45) is 11.8 Å². The van der Waals surface area contributed by atoms with E-state index in [4.69, 9.17) is 4.74 Å². The molecule has 4 rings (SSSR count). The van der Waals surface area contributed by atoms with Crippen LogP contribution in [0.1, 0.15) is 17.7 Å². The second kappa shape index (κ2) is 7.59. The summed E-state index contributed by atoms with van der Waals surface area (Å²) in [5, 5.41) is 5.03. The summed E-state index contributed by atoms with van der Waals surface area (Å²) in [4.78, 5) is 24.8. The summed E-state index contributed by atoms with van der Waals surface area (Å²) in [6, 6.07) is 4.26. The summed E-state index contributed by atoms with van der Waals surface area (Å²) < 4.78 is 5.96. The fraction of sp³-hybridized carbons (Fsp3) is 0.500. The Labute approximate surface area is 151 Å². The van der Waals surface area contributed by atoms with Crippen LogP contribution in [-0.2, 0) is 16.1 Å². The lowest BCUT2D eigenvalue weighted by Gasteiger charge is -2.44. The lowest BCUT2D eigenvalue weighted by Crippen LogP contribution is -2.52. The molecule has 2 aliphatic rings.